The van der Waals surface area contributed by atoms with Crippen molar-refractivity contribution in [1.82, 2.24) is 9.80 Å². The molecule has 0 aromatic heterocycles. The fourth-order valence-electron chi connectivity index (χ4n) is 1.62. The lowest BCUT2D eigenvalue weighted by Gasteiger charge is -2.22. The summed E-state index contributed by atoms with van der Waals surface area (Å²) in [5.74, 6) is 2.44. The molecule has 0 radical (unpaired) electrons. The summed E-state index contributed by atoms with van der Waals surface area (Å²) in [4.78, 5) is 26.2. The van der Waals surface area contributed by atoms with Gasteiger partial charge in [-0.05, 0) is 13.3 Å². The van der Waals surface area contributed by atoms with E-state index in [9.17, 15) is 9.59 Å². The Morgan fingerprint density at radius 2 is 2.40 bits per heavy atom. The smallest absolute Gasteiger partial charge is 0.242 e. The highest BCUT2D eigenvalue weighted by molar-refractivity contribution is 5.86. The van der Waals surface area contributed by atoms with E-state index in [4.69, 9.17) is 6.42 Å². The summed E-state index contributed by atoms with van der Waals surface area (Å²) in [7, 11) is 0. The number of terminal acetylenes is 1. The minimum absolute atomic E-state index is 0.0642. The van der Waals surface area contributed by atoms with E-state index in [0.29, 0.717) is 26.1 Å². The van der Waals surface area contributed by atoms with Crippen LogP contribution in [0.15, 0.2) is 0 Å². The van der Waals surface area contributed by atoms with E-state index in [2.05, 4.69) is 5.92 Å². The van der Waals surface area contributed by atoms with Gasteiger partial charge in [-0.2, -0.15) is 0 Å². The molecule has 15 heavy (non-hydrogen) atoms. The normalized spacial score (nSPS) is 15.2. The van der Waals surface area contributed by atoms with Gasteiger partial charge in [0.2, 0.25) is 11.8 Å². The summed E-state index contributed by atoms with van der Waals surface area (Å²) in [5.41, 5.74) is 0. The SMILES string of the molecule is C#CCN(CC)C(=O)CN1CCCC1=O. The lowest BCUT2D eigenvalue weighted by molar-refractivity contribution is -0.137. The average Bonchev–Trinajstić information content (AvgIpc) is 2.60. The molecule has 1 fully saturated rings. The summed E-state index contributed by atoms with van der Waals surface area (Å²) in [6.07, 6.45) is 6.57. The Morgan fingerprint density at radius 3 is 2.87 bits per heavy atom. The molecule has 0 atom stereocenters. The Labute approximate surface area is 90.2 Å². The van der Waals surface area contributed by atoms with Gasteiger partial charge in [0.25, 0.3) is 0 Å². The van der Waals surface area contributed by atoms with Gasteiger partial charge < -0.3 is 9.80 Å². The second-order valence-corrected chi connectivity index (χ2v) is 3.53. The van der Waals surface area contributed by atoms with Crippen LogP contribution in [-0.4, -0.2) is 47.8 Å². The lowest BCUT2D eigenvalue weighted by Crippen LogP contribution is -2.40. The average molecular weight is 208 g/mol. The minimum atomic E-state index is -0.0642. The maximum Gasteiger partial charge on any atom is 0.242 e. The molecule has 1 aliphatic heterocycles. The van der Waals surface area contributed by atoms with Crippen molar-refractivity contribution in [1.29, 1.82) is 0 Å². The van der Waals surface area contributed by atoms with Crippen LogP contribution in [0.2, 0.25) is 0 Å². The molecular formula is C11H16N2O2. The molecule has 0 unspecified atom stereocenters. The summed E-state index contributed by atoms with van der Waals surface area (Å²) in [6.45, 7) is 3.65. The third-order valence-corrected chi connectivity index (χ3v) is 2.51. The highest BCUT2D eigenvalue weighted by atomic mass is 16.2. The maximum atomic E-state index is 11.7. The van der Waals surface area contributed by atoms with Gasteiger partial charge in [0.05, 0.1) is 13.1 Å². The van der Waals surface area contributed by atoms with Crippen LogP contribution in [0.3, 0.4) is 0 Å². The minimum Gasteiger partial charge on any atom is -0.333 e. The van der Waals surface area contributed by atoms with Crippen LogP contribution in [0.5, 0.6) is 0 Å². The number of carbonyl (C=O) groups is 2. The molecule has 1 heterocycles. The molecule has 82 valence electrons. The van der Waals surface area contributed by atoms with E-state index in [-0.39, 0.29) is 18.4 Å². The molecule has 1 aliphatic rings. The third kappa shape index (κ3) is 2.98. The Hall–Kier alpha value is -1.50. The van der Waals surface area contributed by atoms with Gasteiger partial charge in [-0.3, -0.25) is 9.59 Å². The zero-order chi connectivity index (χ0) is 11.3. The van der Waals surface area contributed by atoms with E-state index in [1.54, 1.807) is 9.80 Å². The van der Waals surface area contributed by atoms with Crippen LogP contribution in [-0.2, 0) is 9.59 Å². The van der Waals surface area contributed by atoms with Crippen LogP contribution in [0.4, 0.5) is 0 Å². The third-order valence-electron chi connectivity index (χ3n) is 2.51. The van der Waals surface area contributed by atoms with Crippen molar-refractivity contribution in [3.05, 3.63) is 0 Å². The van der Waals surface area contributed by atoms with Crippen LogP contribution < -0.4 is 0 Å². The molecule has 0 aliphatic carbocycles. The van der Waals surface area contributed by atoms with Crippen LogP contribution >= 0.6 is 0 Å². The fourth-order valence-corrected chi connectivity index (χ4v) is 1.62. The van der Waals surface area contributed by atoms with E-state index >= 15 is 0 Å². The van der Waals surface area contributed by atoms with E-state index < -0.39 is 0 Å². The van der Waals surface area contributed by atoms with Gasteiger partial charge in [0, 0.05) is 19.5 Å². The lowest BCUT2D eigenvalue weighted by atomic mass is 10.4. The maximum absolute atomic E-state index is 11.7. The number of nitrogens with zero attached hydrogens (tertiary/aromatic N) is 2. The number of hydrogen-bond acceptors (Lipinski definition) is 2. The zero-order valence-electron chi connectivity index (χ0n) is 9.03. The second-order valence-electron chi connectivity index (χ2n) is 3.53. The monoisotopic (exact) mass is 208 g/mol. The largest absolute Gasteiger partial charge is 0.333 e. The zero-order valence-corrected chi connectivity index (χ0v) is 9.03. The van der Waals surface area contributed by atoms with Gasteiger partial charge in [-0.15, -0.1) is 6.42 Å². The van der Waals surface area contributed by atoms with E-state index in [0.717, 1.165) is 6.42 Å². The first-order chi connectivity index (χ1) is 7.19. The first-order valence-corrected chi connectivity index (χ1v) is 5.18. The van der Waals surface area contributed by atoms with Crippen molar-refractivity contribution in [2.75, 3.05) is 26.2 Å². The first kappa shape index (κ1) is 11.6. The number of rotatable bonds is 4. The number of hydrogen-bond donors (Lipinski definition) is 0. The summed E-state index contributed by atoms with van der Waals surface area (Å²) in [5, 5.41) is 0. The van der Waals surface area contributed by atoms with Crippen molar-refractivity contribution < 1.29 is 9.59 Å². The van der Waals surface area contributed by atoms with Crippen molar-refractivity contribution >= 4 is 11.8 Å². The molecule has 1 rings (SSSR count). The number of likely N-dealkylation sites (tertiary alicyclic amines) is 1. The second kappa shape index (κ2) is 5.40. The van der Waals surface area contributed by atoms with E-state index in [1.165, 1.54) is 0 Å². The molecule has 0 aromatic rings. The van der Waals surface area contributed by atoms with E-state index in [1.807, 2.05) is 6.92 Å². The molecule has 0 N–H and O–H groups in total. The molecular weight excluding hydrogens is 192 g/mol. The highest BCUT2D eigenvalue weighted by Gasteiger charge is 2.23. The van der Waals surface area contributed by atoms with Crippen LogP contribution in [0, 0.1) is 12.3 Å². The topological polar surface area (TPSA) is 40.6 Å². The first-order valence-electron chi connectivity index (χ1n) is 5.18. The molecule has 0 saturated carbocycles. The van der Waals surface area contributed by atoms with Gasteiger partial charge in [-0.25, -0.2) is 0 Å². The van der Waals surface area contributed by atoms with Gasteiger partial charge >= 0.3 is 0 Å². The standard InChI is InChI=1S/C11H16N2O2/c1-3-7-12(4-2)11(15)9-13-8-5-6-10(13)14/h1H,4-9H2,2H3. The van der Waals surface area contributed by atoms with Crippen LogP contribution in [0.25, 0.3) is 0 Å². The quantitative estimate of drug-likeness (QED) is 0.614. The molecule has 0 spiro atoms. The predicted octanol–water partition coefficient (Wildman–Crippen LogP) is 0.0905. The van der Waals surface area contributed by atoms with Crippen molar-refractivity contribution in [2.24, 2.45) is 0 Å². The number of amides is 2. The Morgan fingerprint density at radius 1 is 1.67 bits per heavy atom. The van der Waals surface area contributed by atoms with Crippen molar-refractivity contribution in [2.45, 2.75) is 19.8 Å². The Bertz CT molecular complexity index is 293. The molecule has 1 saturated heterocycles. The predicted molar refractivity (Wildman–Crippen MR) is 56.9 cm³/mol. The molecule has 0 aromatic carbocycles. The molecule has 2 amide bonds. The van der Waals surface area contributed by atoms with Crippen LogP contribution in [0.1, 0.15) is 19.8 Å². The summed E-state index contributed by atoms with van der Waals surface area (Å²) in [6, 6.07) is 0. The Kier molecular flexibility index (Phi) is 4.17. The van der Waals surface area contributed by atoms with Gasteiger partial charge in [-0.1, -0.05) is 5.92 Å². The summed E-state index contributed by atoms with van der Waals surface area (Å²) >= 11 is 0. The van der Waals surface area contributed by atoms with Gasteiger partial charge in [0.1, 0.15) is 0 Å². The van der Waals surface area contributed by atoms with Gasteiger partial charge in [0.15, 0.2) is 0 Å². The Balaban J connectivity index is 2.46. The fraction of sp³-hybridized carbons (Fsp3) is 0.636. The molecule has 4 nitrogen and oxygen atoms in total. The molecule has 0 bridgehead atoms. The number of likely N-dealkylation sites (N-methyl/N-ethyl adjacent to an activating group) is 1. The van der Waals surface area contributed by atoms with Crippen molar-refractivity contribution in [3.8, 4) is 12.3 Å². The summed E-state index contributed by atoms with van der Waals surface area (Å²) < 4.78 is 0. The molecule has 4 heteroatoms. The highest BCUT2D eigenvalue weighted by Crippen LogP contribution is 2.09. The van der Waals surface area contributed by atoms with Crippen molar-refractivity contribution in [3.63, 3.8) is 0 Å². The number of carbonyl (C=O) groups excluding carboxylic acids is 2.